The third-order valence-electron chi connectivity index (χ3n) is 3.21. The highest BCUT2D eigenvalue weighted by Gasteiger charge is 2.07. The standard InChI is InChI=1S/C16H16N4S/c1-10-8-11(2)20-16(19-10)21-9-12-5-6-14(17)13-4-3-7-18-15(12)13/h3-8H,9,17H2,1-2H3. The van der Waals surface area contributed by atoms with Crippen LogP contribution in [0.25, 0.3) is 10.9 Å². The maximum absolute atomic E-state index is 6.00. The molecule has 0 fully saturated rings. The summed E-state index contributed by atoms with van der Waals surface area (Å²) in [4.78, 5) is 13.4. The molecule has 0 unspecified atom stereocenters. The van der Waals surface area contributed by atoms with E-state index >= 15 is 0 Å². The molecule has 0 saturated carbocycles. The van der Waals surface area contributed by atoms with Crippen LogP contribution in [0.1, 0.15) is 17.0 Å². The van der Waals surface area contributed by atoms with Gasteiger partial charge in [-0.1, -0.05) is 17.8 Å². The number of hydrogen-bond acceptors (Lipinski definition) is 5. The Morgan fingerprint density at radius 3 is 2.62 bits per heavy atom. The molecule has 1 aromatic carbocycles. The minimum absolute atomic E-state index is 0.759. The number of aromatic nitrogens is 3. The third-order valence-corrected chi connectivity index (χ3v) is 4.10. The molecule has 21 heavy (non-hydrogen) atoms. The zero-order valence-corrected chi connectivity index (χ0v) is 12.8. The normalized spacial score (nSPS) is 11.0. The van der Waals surface area contributed by atoms with Crippen molar-refractivity contribution < 1.29 is 0 Å². The second-order valence-electron chi connectivity index (χ2n) is 4.94. The first-order valence-electron chi connectivity index (χ1n) is 6.70. The van der Waals surface area contributed by atoms with E-state index < -0.39 is 0 Å². The number of benzene rings is 1. The van der Waals surface area contributed by atoms with E-state index in [1.165, 1.54) is 0 Å². The van der Waals surface area contributed by atoms with Gasteiger partial charge < -0.3 is 5.73 Å². The molecule has 0 amide bonds. The number of hydrogen-bond donors (Lipinski definition) is 1. The Kier molecular flexibility index (Phi) is 3.75. The van der Waals surface area contributed by atoms with Crippen LogP contribution < -0.4 is 5.73 Å². The van der Waals surface area contributed by atoms with Crippen molar-refractivity contribution in [1.29, 1.82) is 0 Å². The van der Waals surface area contributed by atoms with Gasteiger partial charge in [0.15, 0.2) is 5.16 Å². The van der Waals surface area contributed by atoms with Crippen LogP contribution >= 0.6 is 11.8 Å². The van der Waals surface area contributed by atoms with Crippen molar-refractivity contribution in [2.24, 2.45) is 0 Å². The minimum atomic E-state index is 0.759. The fourth-order valence-corrected chi connectivity index (χ4v) is 3.20. The molecule has 2 aromatic heterocycles. The van der Waals surface area contributed by atoms with Crippen molar-refractivity contribution in [3.05, 3.63) is 53.5 Å². The Bertz CT molecular complexity index is 781. The molecular formula is C16H16N4S. The van der Waals surface area contributed by atoms with E-state index in [0.717, 1.165) is 44.5 Å². The molecule has 0 bridgehead atoms. The summed E-state index contributed by atoms with van der Waals surface area (Å²) in [6, 6.07) is 9.84. The van der Waals surface area contributed by atoms with Crippen LogP contribution in [0, 0.1) is 13.8 Å². The average Bonchev–Trinajstić information content (AvgIpc) is 2.46. The van der Waals surface area contributed by atoms with Gasteiger partial charge in [-0.15, -0.1) is 0 Å². The molecular weight excluding hydrogens is 280 g/mol. The van der Waals surface area contributed by atoms with Gasteiger partial charge in [-0.3, -0.25) is 4.98 Å². The number of thioether (sulfide) groups is 1. The van der Waals surface area contributed by atoms with Crippen LogP contribution in [-0.4, -0.2) is 15.0 Å². The molecule has 3 aromatic rings. The monoisotopic (exact) mass is 296 g/mol. The lowest BCUT2D eigenvalue weighted by Gasteiger charge is -2.08. The number of nitrogen functional groups attached to an aromatic ring is 1. The van der Waals surface area contributed by atoms with Gasteiger partial charge in [0.1, 0.15) is 0 Å². The summed E-state index contributed by atoms with van der Waals surface area (Å²) < 4.78 is 0. The number of rotatable bonds is 3. The number of nitrogens with two attached hydrogens (primary N) is 1. The Hall–Kier alpha value is -2.14. The van der Waals surface area contributed by atoms with Crippen LogP contribution in [0.2, 0.25) is 0 Å². The SMILES string of the molecule is Cc1cc(C)nc(SCc2ccc(N)c3cccnc23)n1. The summed E-state index contributed by atoms with van der Waals surface area (Å²) in [5, 5.41) is 1.80. The zero-order chi connectivity index (χ0) is 14.8. The van der Waals surface area contributed by atoms with Crippen LogP contribution in [0.4, 0.5) is 5.69 Å². The number of anilines is 1. The van der Waals surface area contributed by atoms with Gasteiger partial charge in [0.25, 0.3) is 0 Å². The number of aryl methyl sites for hydroxylation is 2. The molecule has 0 spiro atoms. The summed E-state index contributed by atoms with van der Waals surface area (Å²) in [6.45, 7) is 3.97. The smallest absolute Gasteiger partial charge is 0.188 e. The topological polar surface area (TPSA) is 64.7 Å². The molecule has 0 radical (unpaired) electrons. The first-order chi connectivity index (χ1) is 10.1. The van der Waals surface area contributed by atoms with Crippen molar-refractivity contribution in [2.75, 3.05) is 5.73 Å². The molecule has 5 heteroatoms. The molecule has 0 saturated heterocycles. The molecule has 0 atom stereocenters. The predicted molar refractivity (Wildman–Crippen MR) is 87.2 cm³/mol. The van der Waals surface area contributed by atoms with Gasteiger partial charge in [0, 0.05) is 34.4 Å². The van der Waals surface area contributed by atoms with Crippen LogP contribution in [0.3, 0.4) is 0 Å². The molecule has 3 rings (SSSR count). The number of pyridine rings is 1. The number of fused-ring (bicyclic) bond motifs is 1. The predicted octanol–water partition coefficient (Wildman–Crippen LogP) is 3.52. The lowest BCUT2D eigenvalue weighted by atomic mass is 10.1. The third kappa shape index (κ3) is 2.97. The molecule has 2 N–H and O–H groups in total. The number of nitrogens with zero attached hydrogens (tertiary/aromatic N) is 3. The molecule has 0 aliphatic rings. The van der Waals surface area contributed by atoms with Crippen LogP contribution in [0.5, 0.6) is 0 Å². The van der Waals surface area contributed by atoms with E-state index in [-0.39, 0.29) is 0 Å². The fourth-order valence-electron chi connectivity index (χ4n) is 2.27. The van der Waals surface area contributed by atoms with E-state index in [0.29, 0.717) is 0 Å². The minimum Gasteiger partial charge on any atom is -0.398 e. The Labute approximate surface area is 127 Å². The van der Waals surface area contributed by atoms with Gasteiger partial charge >= 0.3 is 0 Å². The van der Waals surface area contributed by atoms with Crippen molar-refractivity contribution in [3.8, 4) is 0 Å². The lowest BCUT2D eigenvalue weighted by molar-refractivity contribution is 0.902. The van der Waals surface area contributed by atoms with Crippen LogP contribution in [0.15, 0.2) is 41.7 Å². The summed E-state index contributed by atoms with van der Waals surface area (Å²) in [5.74, 6) is 0.774. The average molecular weight is 296 g/mol. The maximum Gasteiger partial charge on any atom is 0.188 e. The molecule has 4 nitrogen and oxygen atoms in total. The molecule has 2 heterocycles. The first kappa shape index (κ1) is 13.8. The summed E-state index contributed by atoms with van der Waals surface area (Å²) in [5.41, 5.74) is 10.8. The van der Waals surface area contributed by atoms with E-state index in [9.17, 15) is 0 Å². The van der Waals surface area contributed by atoms with E-state index in [1.54, 1.807) is 18.0 Å². The largest absolute Gasteiger partial charge is 0.398 e. The summed E-state index contributed by atoms with van der Waals surface area (Å²) in [6.07, 6.45) is 1.79. The zero-order valence-electron chi connectivity index (χ0n) is 12.0. The second kappa shape index (κ2) is 5.69. The quantitative estimate of drug-likeness (QED) is 0.455. The highest BCUT2D eigenvalue weighted by Crippen LogP contribution is 2.27. The van der Waals surface area contributed by atoms with Crippen molar-refractivity contribution in [1.82, 2.24) is 15.0 Å². The maximum atomic E-state index is 6.00. The first-order valence-corrected chi connectivity index (χ1v) is 7.69. The van der Waals surface area contributed by atoms with Crippen molar-refractivity contribution >= 4 is 28.4 Å². The van der Waals surface area contributed by atoms with E-state index in [2.05, 4.69) is 15.0 Å². The molecule has 106 valence electrons. The lowest BCUT2D eigenvalue weighted by Crippen LogP contribution is -1.95. The fraction of sp³-hybridized carbons (Fsp3) is 0.188. The Morgan fingerprint density at radius 1 is 1.10 bits per heavy atom. The Morgan fingerprint density at radius 2 is 1.86 bits per heavy atom. The van der Waals surface area contributed by atoms with Crippen molar-refractivity contribution in [3.63, 3.8) is 0 Å². The second-order valence-corrected chi connectivity index (χ2v) is 5.88. The van der Waals surface area contributed by atoms with Gasteiger partial charge in [0.2, 0.25) is 0 Å². The van der Waals surface area contributed by atoms with Gasteiger partial charge in [-0.05, 0) is 43.7 Å². The van der Waals surface area contributed by atoms with Crippen molar-refractivity contribution in [2.45, 2.75) is 24.8 Å². The molecule has 0 aliphatic heterocycles. The highest BCUT2D eigenvalue weighted by atomic mass is 32.2. The summed E-state index contributed by atoms with van der Waals surface area (Å²) >= 11 is 1.62. The highest BCUT2D eigenvalue weighted by molar-refractivity contribution is 7.98. The van der Waals surface area contributed by atoms with Gasteiger partial charge in [-0.25, -0.2) is 9.97 Å². The van der Waals surface area contributed by atoms with Gasteiger partial charge in [0.05, 0.1) is 5.52 Å². The van der Waals surface area contributed by atoms with Gasteiger partial charge in [-0.2, -0.15) is 0 Å². The van der Waals surface area contributed by atoms with E-state index in [4.69, 9.17) is 5.73 Å². The van der Waals surface area contributed by atoms with E-state index in [1.807, 2.05) is 44.2 Å². The van der Waals surface area contributed by atoms with Crippen LogP contribution in [-0.2, 0) is 5.75 Å². The summed E-state index contributed by atoms with van der Waals surface area (Å²) in [7, 11) is 0. The molecule has 0 aliphatic carbocycles. The Balaban J connectivity index is 1.90.